The normalized spacial score (nSPS) is 16.6. The molecule has 1 aliphatic rings. The molecule has 1 aliphatic carbocycles. The number of rotatable bonds is 7. The van der Waals surface area contributed by atoms with Crippen molar-refractivity contribution in [2.75, 3.05) is 24.2 Å². The molecule has 0 aliphatic heterocycles. The molecule has 1 amide bonds. The Balaban J connectivity index is 2.11. The third-order valence-corrected chi connectivity index (χ3v) is 7.12. The molecule has 1 aromatic rings. The molecule has 0 radical (unpaired) electrons. The number of nitrogens with one attached hydrogen (secondary N) is 1. The van der Waals surface area contributed by atoms with Crippen LogP contribution in [0.1, 0.15) is 45.1 Å². The number of amides is 1. The van der Waals surface area contributed by atoms with Crippen LogP contribution >= 0.6 is 0 Å². The summed E-state index contributed by atoms with van der Waals surface area (Å²) >= 11 is 0. The van der Waals surface area contributed by atoms with Gasteiger partial charge in [0.1, 0.15) is 10.6 Å². The van der Waals surface area contributed by atoms with Crippen molar-refractivity contribution in [2.24, 2.45) is 0 Å². The molecule has 1 saturated carbocycles. The van der Waals surface area contributed by atoms with Gasteiger partial charge in [0.2, 0.25) is 5.91 Å². The molecule has 0 aromatic heterocycles. The van der Waals surface area contributed by atoms with Crippen molar-refractivity contribution in [1.29, 1.82) is 0 Å². The average Bonchev–Trinajstić information content (AvgIpc) is 3.06. The van der Waals surface area contributed by atoms with Gasteiger partial charge < -0.3 is 10.2 Å². The van der Waals surface area contributed by atoms with Crippen molar-refractivity contribution in [3.05, 3.63) is 29.6 Å². The maximum Gasteiger partial charge on any atom is 0.241 e. The third-order valence-electron chi connectivity index (χ3n) is 5.10. The largest absolute Gasteiger partial charge is 0.370 e. The van der Waals surface area contributed by atoms with Gasteiger partial charge in [-0.1, -0.05) is 18.9 Å². The smallest absolute Gasteiger partial charge is 0.241 e. The summed E-state index contributed by atoms with van der Waals surface area (Å²) in [7, 11) is -3.49. The Morgan fingerprint density at radius 1 is 1.24 bits per heavy atom. The zero-order valence-corrected chi connectivity index (χ0v) is 16.0. The highest BCUT2D eigenvalue weighted by Gasteiger charge is 2.49. The fraction of sp³-hybridized carbons (Fsp3) is 0.611. The molecule has 0 spiro atoms. The first-order valence-corrected chi connectivity index (χ1v) is 10.7. The van der Waals surface area contributed by atoms with Crippen LogP contribution < -0.4 is 10.2 Å². The molecular weight excluding hydrogens is 343 g/mol. The second kappa shape index (κ2) is 7.72. The van der Waals surface area contributed by atoms with Gasteiger partial charge in [0.25, 0.3) is 0 Å². The fourth-order valence-corrected chi connectivity index (χ4v) is 4.98. The topological polar surface area (TPSA) is 66.5 Å². The molecule has 2 rings (SSSR count). The van der Waals surface area contributed by atoms with E-state index in [1.54, 1.807) is 12.1 Å². The molecule has 0 atom stereocenters. The Morgan fingerprint density at radius 3 is 2.32 bits per heavy atom. The second-order valence-electron chi connectivity index (χ2n) is 6.61. The predicted octanol–water partition coefficient (Wildman–Crippen LogP) is 2.65. The quantitative estimate of drug-likeness (QED) is 0.801. The minimum atomic E-state index is -3.49. The van der Waals surface area contributed by atoms with Gasteiger partial charge in [0, 0.05) is 25.9 Å². The van der Waals surface area contributed by atoms with Gasteiger partial charge in [-0.25, -0.2) is 12.8 Å². The van der Waals surface area contributed by atoms with E-state index >= 15 is 0 Å². The van der Waals surface area contributed by atoms with Crippen LogP contribution in [0.25, 0.3) is 0 Å². The van der Waals surface area contributed by atoms with E-state index in [4.69, 9.17) is 0 Å². The van der Waals surface area contributed by atoms with Gasteiger partial charge >= 0.3 is 0 Å². The zero-order valence-electron chi connectivity index (χ0n) is 15.1. The van der Waals surface area contributed by atoms with Crippen LogP contribution in [0.5, 0.6) is 0 Å². The molecule has 0 saturated heterocycles. The van der Waals surface area contributed by atoms with E-state index < -0.39 is 20.5 Å². The lowest BCUT2D eigenvalue weighted by molar-refractivity contribution is -0.123. The van der Waals surface area contributed by atoms with Crippen molar-refractivity contribution in [1.82, 2.24) is 5.32 Å². The number of sulfone groups is 1. The number of hydrogen-bond donors (Lipinski definition) is 1. The second-order valence-corrected chi connectivity index (χ2v) is 8.94. The summed E-state index contributed by atoms with van der Waals surface area (Å²) in [6.45, 7) is 5.46. The molecule has 1 N–H and O–H groups in total. The average molecular weight is 370 g/mol. The number of nitrogens with zero attached hydrogens (tertiary/aromatic N) is 1. The summed E-state index contributed by atoms with van der Waals surface area (Å²) < 4.78 is 37.2. The highest BCUT2D eigenvalue weighted by Crippen LogP contribution is 2.36. The van der Waals surface area contributed by atoms with Gasteiger partial charge in [-0.15, -0.1) is 0 Å². The molecular formula is C18H27FN2O3S. The first kappa shape index (κ1) is 19.7. The molecule has 1 aromatic carbocycles. The number of hydrogen-bond acceptors (Lipinski definition) is 4. The highest BCUT2D eigenvalue weighted by atomic mass is 32.2. The van der Waals surface area contributed by atoms with Crippen LogP contribution in [-0.2, 0) is 21.2 Å². The Labute approximate surface area is 149 Å². The molecule has 5 nitrogen and oxygen atoms in total. The van der Waals surface area contributed by atoms with Crippen molar-refractivity contribution < 1.29 is 17.6 Å². The van der Waals surface area contributed by atoms with E-state index in [2.05, 4.69) is 5.32 Å². The van der Waals surface area contributed by atoms with Gasteiger partial charge in [0.15, 0.2) is 9.84 Å². The van der Waals surface area contributed by atoms with Crippen molar-refractivity contribution >= 4 is 21.4 Å². The van der Waals surface area contributed by atoms with E-state index in [1.807, 2.05) is 18.7 Å². The molecule has 0 unspecified atom stereocenters. The standard InChI is InChI=1S/C18H27FN2O3S/c1-4-21(5-2)16-9-8-14(12-15(16)19)13-20-17(22)18(25(3,23)24)10-6-7-11-18/h8-9,12H,4-7,10-11,13H2,1-3H3,(H,20,22). The van der Waals surface area contributed by atoms with E-state index in [1.165, 1.54) is 6.07 Å². The summed E-state index contributed by atoms with van der Waals surface area (Å²) in [4.78, 5) is 14.5. The van der Waals surface area contributed by atoms with Gasteiger partial charge in [-0.2, -0.15) is 0 Å². The van der Waals surface area contributed by atoms with Crippen LogP contribution in [0.4, 0.5) is 10.1 Å². The molecule has 7 heteroatoms. The van der Waals surface area contributed by atoms with Crippen molar-refractivity contribution in [3.63, 3.8) is 0 Å². The van der Waals surface area contributed by atoms with Gasteiger partial charge in [-0.05, 0) is 44.4 Å². The molecule has 140 valence electrons. The highest BCUT2D eigenvalue weighted by molar-refractivity contribution is 7.92. The zero-order chi connectivity index (χ0) is 18.7. The lowest BCUT2D eigenvalue weighted by Gasteiger charge is -2.26. The number of benzene rings is 1. The summed E-state index contributed by atoms with van der Waals surface area (Å²) in [5.74, 6) is -0.810. The summed E-state index contributed by atoms with van der Waals surface area (Å²) in [5, 5.41) is 2.69. The fourth-order valence-electron chi connectivity index (χ4n) is 3.54. The maximum atomic E-state index is 14.3. The first-order valence-electron chi connectivity index (χ1n) is 8.76. The van der Waals surface area contributed by atoms with Crippen LogP contribution in [0.3, 0.4) is 0 Å². The number of halogens is 1. The first-order chi connectivity index (χ1) is 11.7. The summed E-state index contributed by atoms with van der Waals surface area (Å²) in [6.07, 6.45) is 3.29. The Kier molecular flexibility index (Phi) is 6.08. The van der Waals surface area contributed by atoms with E-state index in [0.29, 0.717) is 37.2 Å². The van der Waals surface area contributed by atoms with E-state index in [0.717, 1.165) is 19.1 Å². The van der Waals surface area contributed by atoms with Gasteiger partial charge in [-0.3, -0.25) is 4.79 Å². The van der Waals surface area contributed by atoms with Crippen LogP contribution in [0.15, 0.2) is 18.2 Å². The molecule has 25 heavy (non-hydrogen) atoms. The van der Waals surface area contributed by atoms with Crippen LogP contribution in [0.2, 0.25) is 0 Å². The van der Waals surface area contributed by atoms with Crippen LogP contribution in [-0.4, -0.2) is 38.4 Å². The molecule has 0 heterocycles. The maximum absolute atomic E-state index is 14.3. The monoisotopic (exact) mass is 370 g/mol. The Bertz CT molecular complexity index is 724. The predicted molar refractivity (Wildman–Crippen MR) is 97.9 cm³/mol. The minimum absolute atomic E-state index is 0.117. The summed E-state index contributed by atoms with van der Waals surface area (Å²) in [5.41, 5.74) is 1.15. The number of carbonyl (C=O) groups excluding carboxylic acids is 1. The SMILES string of the molecule is CCN(CC)c1ccc(CNC(=O)C2(S(C)(=O)=O)CCCC2)cc1F. The lowest BCUT2D eigenvalue weighted by atomic mass is 10.1. The Hall–Kier alpha value is -1.63. The number of carbonyl (C=O) groups is 1. The van der Waals surface area contributed by atoms with Crippen LogP contribution in [0, 0.1) is 5.82 Å². The Morgan fingerprint density at radius 2 is 1.84 bits per heavy atom. The minimum Gasteiger partial charge on any atom is -0.370 e. The van der Waals surface area contributed by atoms with E-state index in [-0.39, 0.29) is 12.4 Å². The van der Waals surface area contributed by atoms with Gasteiger partial charge in [0.05, 0.1) is 5.69 Å². The molecule has 1 fully saturated rings. The van der Waals surface area contributed by atoms with E-state index in [9.17, 15) is 17.6 Å². The third kappa shape index (κ3) is 3.97. The summed E-state index contributed by atoms with van der Waals surface area (Å²) in [6, 6.07) is 4.86. The lowest BCUT2D eigenvalue weighted by Crippen LogP contribution is -2.50. The number of anilines is 1. The molecule has 0 bridgehead atoms. The van der Waals surface area contributed by atoms with Crippen molar-refractivity contribution in [3.8, 4) is 0 Å². The van der Waals surface area contributed by atoms with Crippen molar-refractivity contribution in [2.45, 2.75) is 50.8 Å².